The van der Waals surface area contributed by atoms with Gasteiger partial charge in [-0.15, -0.1) is 0 Å². The number of hydrogen-bond donors (Lipinski definition) is 1. The summed E-state index contributed by atoms with van der Waals surface area (Å²) in [5.41, 5.74) is 0. The van der Waals surface area contributed by atoms with Gasteiger partial charge in [-0.25, -0.2) is 0 Å². The molecule has 0 aromatic carbocycles. The number of nitrogens with zero attached hydrogens (tertiary/aromatic N) is 1. The molecule has 0 bridgehead atoms. The number of aliphatic hydroxyl groups excluding tert-OH is 1. The van der Waals surface area contributed by atoms with E-state index >= 15 is 0 Å². The molecule has 2 nitrogen and oxygen atoms in total. The van der Waals surface area contributed by atoms with E-state index in [0.717, 1.165) is 19.4 Å². The van der Waals surface area contributed by atoms with Crippen LogP contribution in [-0.4, -0.2) is 35.7 Å². The molecule has 0 aliphatic carbocycles. The second kappa shape index (κ2) is 5.56. The predicted octanol–water partition coefficient (Wildman–Crippen LogP) is 1.49. The van der Waals surface area contributed by atoms with Crippen LogP contribution in [0.25, 0.3) is 0 Å². The Morgan fingerprint density at radius 1 is 1.36 bits per heavy atom. The van der Waals surface area contributed by atoms with E-state index in [9.17, 15) is 5.11 Å². The van der Waals surface area contributed by atoms with Crippen LogP contribution in [0.15, 0.2) is 0 Å². The average molecular weight is 159 g/mol. The molecule has 0 radical (unpaired) electrons. The summed E-state index contributed by atoms with van der Waals surface area (Å²) in [4.78, 5) is 2.28. The van der Waals surface area contributed by atoms with Crippen LogP contribution in [-0.2, 0) is 0 Å². The Bertz CT molecular complexity index is 95.6. The second-order valence-electron chi connectivity index (χ2n) is 3.01. The largest absolute Gasteiger partial charge is 0.393 e. The first-order valence-electron chi connectivity index (χ1n) is 4.58. The van der Waals surface area contributed by atoms with Crippen molar-refractivity contribution in [2.75, 3.05) is 13.6 Å². The topological polar surface area (TPSA) is 23.5 Å². The standard InChI is InChI=1S/C7H15NO.C2H6/c1-6-5-7(9)3-4-8(6)2;1-2/h6-7,9H,3-5H2,1-2H3;1-2H3. The highest BCUT2D eigenvalue weighted by Crippen LogP contribution is 2.14. The first-order valence-corrected chi connectivity index (χ1v) is 4.58. The van der Waals surface area contributed by atoms with Gasteiger partial charge in [0.05, 0.1) is 6.10 Å². The molecule has 0 amide bonds. The monoisotopic (exact) mass is 159 g/mol. The van der Waals surface area contributed by atoms with E-state index < -0.39 is 0 Å². The third-order valence-corrected chi connectivity index (χ3v) is 2.18. The zero-order valence-corrected chi connectivity index (χ0v) is 8.17. The highest BCUT2D eigenvalue weighted by Gasteiger charge is 2.19. The summed E-state index contributed by atoms with van der Waals surface area (Å²) in [5.74, 6) is 0. The SMILES string of the molecule is CC.CC1CC(O)CCN1C. The van der Waals surface area contributed by atoms with Gasteiger partial charge in [0, 0.05) is 12.6 Å². The van der Waals surface area contributed by atoms with Gasteiger partial charge in [-0.2, -0.15) is 0 Å². The second-order valence-corrected chi connectivity index (χ2v) is 3.01. The van der Waals surface area contributed by atoms with Gasteiger partial charge >= 0.3 is 0 Å². The Morgan fingerprint density at radius 2 is 1.91 bits per heavy atom. The van der Waals surface area contributed by atoms with E-state index in [1.165, 1.54) is 0 Å². The van der Waals surface area contributed by atoms with Gasteiger partial charge in [-0.05, 0) is 26.8 Å². The molecule has 1 fully saturated rings. The van der Waals surface area contributed by atoms with Crippen molar-refractivity contribution >= 4 is 0 Å². The fraction of sp³-hybridized carbons (Fsp3) is 1.00. The van der Waals surface area contributed by atoms with Gasteiger partial charge in [-0.3, -0.25) is 0 Å². The Labute approximate surface area is 70.2 Å². The van der Waals surface area contributed by atoms with Crippen LogP contribution in [0.2, 0.25) is 0 Å². The van der Waals surface area contributed by atoms with E-state index in [0.29, 0.717) is 6.04 Å². The molecule has 1 aliphatic rings. The molecule has 1 N–H and O–H groups in total. The fourth-order valence-electron chi connectivity index (χ4n) is 1.26. The van der Waals surface area contributed by atoms with Crippen molar-refractivity contribution in [2.24, 2.45) is 0 Å². The van der Waals surface area contributed by atoms with Crippen LogP contribution in [0.3, 0.4) is 0 Å². The van der Waals surface area contributed by atoms with Gasteiger partial charge in [0.2, 0.25) is 0 Å². The molecule has 0 saturated carbocycles. The quantitative estimate of drug-likeness (QED) is 0.579. The Kier molecular flexibility index (Phi) is 5.51. The van der Waals surface area contributed by atoms with Crippen molar-refractivity contribution in [3.8, 4) is 0 Å². The molecule has 2 atom stereocenters. The molecular weight excluding hydrogens is 138 g/mol. The summed E-state index contributed by atoms with van der Waals surface area (Å²) >= 11 is 0. The van der Waals surface area contributed by atoms with E-state index in [1.807, 2.05) is 13.8 Å². The van der Waals surface area contributed by atoms with E-state index in [4.69, 9.17) is 0 Å². The van der Waals surface area contributed by atoms with Gasteiger partial charge < -0.3 is 10.0 Å². The average Bonchev–Trinajstić information content (AvgIpc) is 2.02. The molecule has 11 heavy (non-hydrogen) atoms. The van der Waals surface area contributed by atoms with Gasteiger partial charge in [-0.1, -0.05) is 13.8 Å². The van der Waals surface area contributed by atoms with Crippen molar-refractivity contribution in [1.82, 2.24) is 4.90 Å². The zero-order chi connectivity index (χ0) is 8.85. The molecule has 1 saturated heterocycles. The Hall–Kier alpha value is -0.0800. The van der Waals surface area contributed by atoms with Crippen molar-refractivity contribution in [2.45, 2.75) is 45.8 Å². The summed E-state index contributed by atoms with van der Waals surface area (Å²) in [6.45, 7) is 7.20. The third-order valence-electron chi connectivity index (χ3n) is 2.18. The maximum Gasteiger partial charge on any atom is 0.0567 e. The lowest BCUT2D eigenvalue weighted by Gasteiger charge is -2.32. The highest BCUT2D eigenvalue weighted by atomic mass is 16.3. The number of likely N-dealkylation sites (tertiary alicyclic amines) is 1. The number of rotatable bonds is 0. The molecule has 0 spiro atoms. The van der Waals surface area contributed by atoms with E-state index in [-0.39, 0.29) is 6.10 Å². The molecule has 68 valence electrons. The molecular formula is C9H21NO. The molecule has 1 heterocycles. The Balaban J connectivity index is 0.000000461. The number of piperidine rings is 1. The van der Waals surface area contributed by atoms with Crippen LogP contribution < -0.4 is 0 Å². The van der Waals surface area contributed by atoms with Crippen LogP contribution in [0.5, 0.6) is 0 Å². The molecule has 0 aromatic heterocycles. The maximum absolute atomic E-state index is 9.17. The summed E-state index contributed by atoms with van der Waals surface area (Å²) in [6.07, 6.45) is 1.84. The summed E-state index contributed by atoms with van der Waals surface area (Å²) in [5, 5.41) is 9.17. The summed E-state index contributed by atoms with van der Waals surface area (Å²) < 4.78 is 0. The van der Waals surface area contributed by atoms with Gasteiger partial charge in [0.15, 0.2) is 0 Å². The lowest BCUT2D eigenvalue weighted by Crippen LogP contribution is -2.39. The van der Waals surface area contributed by atoms with E-state index in [1.54, 1.807) is 0 Å². The lowest BCUT2D eigenvalue weighted by molar-refractivity contribution is 0.0624. The lowest BCUT2D eigenvalue weighted by atomic mass is 10.0. The Morgan fingerprint density at radius 3 is 2.27 bits per heavy atom. The van der Waals surface area contributed by atoms with Gasteiger partial charge in [0.25, 0.3) is 0 Å². The molecule has 1 aliphatic heterocycles. The first-order chi connectivity index (χ1) is 5.20. The fourth-order valence-corrected chi connectivity index (χ4v) is 1.26. The molecule has 0 aromatic rings. The normalized spacial score (nSPS) is 32.5. The maximum atomic E-state index is 9.17. The van der Waals surface area contributed by atoms with Crippen LogP contribution in [0.4, 0.5) is 0 Å². The number of hydrogen-bond acceptors (Lipinski definition) is 2. The predicted molar refractivity (Wildman–Crippen MR) is 48.7 cm³/mol. The number of aliphatic hydroxyl groups is 1. The molecule has 2 heteroatoms. The summed E-state index contributed by atoms with van der Waals surface area (Å²) in [6, 6.07) is 0.564. The van der Waals surface area contributed by atoms with Crippen molar-refractivity contribution < 1.29 is 5.11 Å². The van der Waals surface area contributed by atoms with Crippen molar-refractivity contribution in [1.29, 1.82) is 0 Å². The van der Waals surface area contributed by atoms with Gasteiger partial charge in [0.1, 0.15) is 0 Å². The van der Waals surface area contributed by atoms with E-state index in [2.05, 4.69) is 18.9 Å². The smallest absolute Gasteiger partial charge is 0.0567 e. The van der Waals surface area contributed by atoms with Crippen LogP contribution in [0, 0.1) is 0 Å². The van der Waals surface area contributed by atoms with Crippen LogP contribution in [0.1, 0.15) is 33.6 Å². The molecule has 1 rings (SSSR count). The minimum atomic E-state index is -0.0452. The molecule has 2 unspecified atom stereocenters. The van der Waals surface area contributed by atoms with Crippen molar-refractivity contribution in [3.05, 3.63) is 0 Å². The summed E-state index contributed by atoms with van der Waals surface area (Å²) in [7, 11) is 2.11. The van der Waals surface area contributed by atoms with Crippen LogP contribution >= 0.6 is 0 Å². The van der Waals surface area contributed by atoms with Crippen molar-refractivity contribution in [3.63, 3.8) is 0 Å². The zero-order valence-electron chi connectivity index (χ0n) is 8.17. The first kappa shape index (κ1) is 10.9. The minimum absolute atomic E-state index is 0.0452. The minimum Gasteiger partial charge on any atom is -0.393 e. The highest BCUT2D eigenvalue weighted by molar-refractivity contribution is 4.75. The third kappa shape index (κ3) is 3.73.